The maximum absolute atomic E-state index is 12.4. The van der Waals surface area contributed by atoms with Crippen LogP contribution in [0.15, 0.2) is 60.9 Å². The van der Waals surface area contributed by atoms with Gasteiger partial charge in [-0.05, 0) is 60.7 Å². The summed E-state index contributed by atoms with van der Waals surface area (Å²) in [5.41, 5.74) is 5.42. The molecule has 0 radical (unpaired) electrons. The van der Waals surface area contributed by atoms with E-state index in [1.807, 2.05) is 61.8 Å². The second-order valence-electron chi connectivity index (χ2n) is 7.12. The average Bonchev–Trinajstić information content (AvgIpc) is 3.12. The topological polar surface area (TPSA) is 59.3 Å². The number of amides is 1. The summed E-state index contributed by atoms with van der Waals surface area (Å²) in [5, 5.41) is 8.37. The maximum atomic E-state index is 12.4. The van der Waals surface area contributed by atoms with Crippen LogP contribution in [-0.4, -0.2) is 27.0 Å². The number of nitrogens with zero attached hydrogens (tertiary/aromatic N) is 3. The number of aryl methyl sites for hydroxylation is 2. The number of carbonyl (C=O) groups excluding carboxylic acids is 1. The summed E-state index contributed by atoms with van der Waals surface area (Å²) in [6.07, 6.45) is 5.48. The lowest BCUT2D eigenvalue weighted by molar-refractivity contribution is 0.0953. The predicted molar refractivity (Wildman–Crippen MR) is 120 cm³/mol. The standard InChI is InChI=1S/C23H20Cl2N4O/c1-15-11-22-27-13-16(14-29(22)28-15)3-2-10-26-23(30)18-6-4-17(5-7-18)19-8-9-20(24)21(25)12-19/h4-9,11-14H,2-3,10H2,1H3,(H,26,30). The van der Waals surface area contributed by atoms with E-state index in [-0.39, 0.29) is 5.91 Å². The number of aromatic nitrogens is 3. The van der Waals surface area contributed by atoms with Gasteiger partial charge >= 0.3 is 0 Å². The van der Waals surface area contributed by atoms with Crippen LogP contribution in [0.5, 0.6) is 0 Å². The lowest BCUT2D eigenvalue weighted by atomic mass is 10.0. The minimum Gasteiger partial charge on any atom is -0.352 e. The van der Waals surface area contributed by atoms with Gasteiger partial charge in [0.1, 0.15) is 0 Å². The fourth-order valence-corrected chi connectivity index (χ4v) is 3.55. The van der Waals surface area contributed by atoms with Gasteiger partial charge in [0.05, 0.1) is 15.7 Å². The van der Waals surface area contributed by atoms with Crippen molar-refractivity contribution in [1.82, 2.24) is 19.9 Å². The fraction of sp³-hybridized carbons (Fsp3) is 0.174. The molecular weight excluding hydrogens is 419 g/mol. The molecule has 2 aromatic carbocycles. The molecule has 0 saturated heterocycles. The molecule has 0 unspecified atom stereocenters. The van der Waals surface area contributed by atoms with Crippen molar-refractivity contribution in [2.75, 3.05) is 6.54 Å². The molecule has 0 fully saturated rings. The predicted octanol–water partition coefficient (Wildman–Crippen LogP) is 5.37. The van der Waals surface area contributed by atoms with E-state index in [1.165, 1.54) is 0 Å². The van der Waals surface area contributed by atoms with Crippen molar-refractivity contribution in [2.24, 2.45) is 0 Å². The van der Waals surface area contributed by atoms with Crippen molar-refractivity contribution < 1.29 is 4.79 Å². The fourth-order valence-electron chi connectivity index (χ4n) is 3.25. The number of rotatable bonds is 6. The van der Waals surface area contributed by atoms with Crippen LogP contribution in [0.3, 0.4) is 0 Å². The van der Waals surface area contributed by atoms with Crippen LogP contribution in [0.2, 0.25) is 10.0 Å². The molecule has 0 aliphatic rings. The third-order valence-electron chi connectivity index (χ3n) is 4.82. The van der Waals surface area contributed by atoms with E-state index in [9.17, 15) is 4.79 Å². The van der Waals surface area contributed by atoms with Gasteiger partial charge in [-0.2, -0.15) is 5.10 Å². The minimum absolute atomic E-state index is 0.0908. The van der Waals surface area contributed by atoms with Gasteiger partial charge < -0.3 is 5.32 Å². The highest BCUT2D eigenvalue weighted by Gasteiger charge is 2.07. The number of fused-ring (bicyclic) bond motifs is 1. The minimum atomic E-state index is -0.0908. The Labute approximate surface area is 184 Å². The molecule has 5 nitrogen and oxygen atoms in total. The first-order valence-electron chi connectivity index (χ1n) is 9.64. The van der Waals surface area contributed by atoms with Crippen LogP contribution < -0.4 is 5.32 Å². The molecule has 0 spiro atoms. The Kier molecular flexibility index (Phi) is 6.02. The number of hydrogen-bond acceptors (Lipinski definition) is 3. The Bertz CT molecular complexity index is 1200. The Morgan fingerprint density at radius 1 is 1.03 bits per heavy atom. The molecule has 152 valence electrons. The van der Waals surface area contributed by atoms with Crippen LogP contribution in [0.1, 0.15) is 28.0 Å². The molecule has 4 rings (SSSR count). The summed E-state index contributed by atoms with van der Waals surface area (Å²) in [5.74, 6) is -0.0908. The molecule has 1 N–H and O–H groups in total. The molecule has 7 heteroatoms. The van der Waals surface area contributed by atoms with Gasteiger partial charge in [0.2, 0.25) is 0 Å². The first-order chi connectivity index (χ1) is 14.5. The van der Waals surface area contributed by atoms with Crippen molar-refractivity contribution in [3.63, 3.8) is 0 Å². The van der Waals surface area contributed by atoms with Crippen LogP contribution in [0, 0.1) is 6.92 Å². The Morgan fingerprint density at radius 2 is 1.80 bits per heavy atom. The largest absolute Gasteiger partial charge is 0.352 e. The Balaban J connectivity index is 1.30. The first kappa shape index (κ1) is 20.4. The van der Waals surface area contributed by atoms with Gasteiger partial charge in [-0.15, -0.1) is 0 Å². The molecule has 2 heterocycles. The number of halogens is 2. The normalized spacial score (nSPS) is 11.0. The van der Waals surface area contributed by atoms with Gasteiger partial charge in [0.15, 0.2) is 5.65 Å². The monoisotopic (exact) mass is 438 g/mol. The molecule has 4 aromatic rings. The summed E-state index contributed by atoms with van der Waals surface area (Å²) in [7, 11) is 0. The Hall–Kier alpha value is -2.89. The van der Waals surface area contributed by atoms with E-state index < -0.39 is 0 Å². The van der Waals surface area contributed by atoms with Crippen LogP contribution in [-0.2, 0) is 6.42 Å². The molecule has 30 heavy (non-hydrogen) atoms. The van der Waals surface area contributed by atoms with E-state index in [2.05, 4.69) is 15.4 Å². The van der Waals surface area contributed by atoms with Crippen LogP contribution >= 0.6 is 23.2 Å². The number of benzene rings is 2. The van der Waals surface area contributed by atoms with E-state index in [4.69, 9.17) is 23.2 Å². The zero-order chi connectivity index (χ0) is 21.1. The van der Waals surface area contributed by atoms with E-state index in [0.29, 0.717) is 22.2 Å². The van der Waals surface area contributed by atoms with E-state index >= 15 is 0 Å². The molecule has 0 bridgehead atoms. The summed E-state index contributed by atoms with van der Waals surface area (Å²) in [6, 6.07) is 14.9. The van der Waals surface area contributed by atoms with E-state index in [1.54, 1.807) is 10.6 Å². The zero-order valence-corrected chi connectivity index (χ0v) is 17.9. The number of carbonyl (C=O) groups is 1. The van der Waals surface area contributed by atoms with Crippen molar-refractivity contribution in [1.29, 1.82) is 0 Å². The molecule has 0 saturated carbocycles. The average molecular weight is 439 g/mol. The highest BCUT2D eigenvalue weighted by Crippen LogP contribution is 2.28. The number of nitrogens with one attached hydrogen (secondary N) is 1. The second kappa shape index (κ2) is 8.86. The first-order valence-corrected chi connectivity index (χ1v) is 10.4. The summed E-state index contributed by atoms with van der Waals surface area (Å²) in [6.45, 7) is 2.53. The van der Waals surface area contributed by atoms with Gasteiger partial charge in [-0.25, -0.2) is 9.50 Å². The molecule has 2 aromatic heterocycles. The maximum Gasteiger partial charge on any atom is 0.251 e. The highest BCUT2D eigenvalue weighted by atomic mass is 35.5. The summed E-state index contributed by atoms with van der Waals surface area (Å²) < 4.78 is 1.79. The van der Waals surface area contributed by atoms with Crippen molar-refractivity contribution in [2.45, 2.75) is 19.8 Å². The lowest BCUT2D eigenvalue weighted by Crippen LogP contribution is -2.24. The Morgan fingerprint density at radius 3 is 2.57 bits per heavy atom. The number of hydrogen-bond donors (Lipinski definition) is 1. The molecule has 1 amide bonds. The SMILES string of the molecule is Cc1cc2ncc(CCCNC(=O)c3ccc(-c4ccc(Cl)c(Cl)c4)cc3)cn2n1. The van der Waals surface area contributed by atoms with Crippen LogP contribution in [0.4, 0.5) is 0 Å². The van der Waals surface area contributed by atoms with Crippen molar-refractivity contribution in [3.8, 4) is 11.1 Å². The molecular formula is C23H20Cl2N4O. The van der Waals surface area contributed by atoms with Gasteiger partial charge in [0.25, 0.3) is 5.91 Å². The molecule has 0 atom stereocenters. The van der Waals surface area contributed by atoms with Gasteiger partial charge in [-0.3, -0.25) is 4.79 Å². The highest BCUT2D eigenvalue weighted by molar-refractivity contribution is 6.42. The van der Waals surface area contributed by atoms with Gasteiger partial charge in [-0.1, -0.05) is 41.4 Å². The summed E-state index contributed by atoms with van der Waals surface area (Å²) >= 11 is 12.1. The smallest absolute Gasteiger partial charge is 0.251 e. The summed E-state index contributed by atoms with van der Waals surface area (Å²) in [4.78, 5) is 16.8. The third kappa shape index (κ3) is 4.64. The van der Waals surface area contributed by atoms with E-state index in [0.717, 1.165) is 40.9 Å². The molecule has 0 aliphatic heterocycles. The zero-order valence-electron chi connectivity index (χ0n) is 16.4. The van der Waals surface area contributed by atoms with Crippen LogP contribution in [0.25, 0.3) is 16.8 Å². The van der Waals surface area contributed by atoms with Crippen molar-refractivity contribution in [3.05, 3.63) is 87.8 Å². The third-order valence-corrected chi connectivity index (χ3v) is 5.56. The van der Waals surface area contributed by atoms with Gasteiger partial charge in [0, 0.05) is 30.6 Å². The second-order valence-corrected chi connectivity index (χ2v) is 7.93. The molecule has 0 aliphatic carbocycles. The quantitative estimate of drug-likeness (QED) is 0.411. The lowest BCUT2D eigenvalue weighted by Gasteiger charge is -2.07. The van der Waals surface area contributed by atoms with Crippen molar-refractivity contribution >= 4 is 34.8 Å².